The van der Waals surface area contributed by atoms with Crippen molar-refractivity contribution < 1.29 is 14.3 Å². The van der Waals surface area contributed by atoms with Crippen molar-refractivity contribution >= 4 is 23.5 Å². The zero-order valence-electron chi connectivity index (χ0n) is 10.4. The predicted molar refractivity (Wildman–Crippen MR) is 65.5 cm³/mol. The molecule has 1 heterocycles. The van der Waals surface area contributed by atoms with E-state index in [1.807, 2.05) is 13.8 Å². The summed E-state index contributed by atoms with van der Waals surface area (Å²) in [5.74, 6) is -0.482. The lowest BCUT2D eigenvalue weighted by atomic mass is 10.2. The molecule has 1 aromatic heterocycles. The van der Waals surface area contributed by atoms with Gasteiger partial charge in [0.1, 0.15) is 18.1 Å². The fourth-order valence-corrected chi connectivity index (χ4v) is 1.30. The quantitative estimate of drug-likeness (QED) is 0.831. The molecule has 0 spiro atoms. The smallest absolute Gasteiger partial charge is 0.325 e. The van der Waals surface area contributed by atoms with Gasteiger partial charge in [-0.05, 0) is 0 Å². The maximum atomic E-state index is 11.8. The molecule has 0 radical (unpaired) electrons. The summed E-state index contributed by atoms with van der Waals surface area (Å²) in [6.45, 7) is 3.57. The van der Waals surface area contributed by atoms with Crippen LogP contribution in [0.2, 0.25) is 5.02 Å². The molecule has 1 aromatic rings. The minimum absolute atomic E-state index is 0.0549. The highest BCUT2D eigenvalue weighted by atomic mass is 35.5. The maximum Gasteiger partial charge on any atom is 0.325 e. The molecule has 1 N–H and O–H groups in total. The number of aromatic nitrogens is 2. The second kappa shape index (κ2) is 6.30. The molecule has 0 aromatic carbocycles. The average molecular weight is 272 g/mol. The molecule has 0 aliphatic heterocycles. The van der Waals surface area contributed by atoms with Crippen LogP contribution < -0.4 is 5.32 Å². The summed E-state index contributed by atoms with van der Waals surface area (Å²) in [6.07, 6.45) is 1.37. The third-order valence-corrected chi connectivity index (χ3v) is 2.39. The molecule has 6 nitrogen and oxygen atoms in total. The predicted octanol–water partition coefficient (Wildman–Crippen LogP) is 1.16. The fraction of sp³-hybridized carbons (Fsp3) is 0.455. The van der Waals surface area contributed by atoms with E-state index in [2.05, 4.69) is 20.0 Å². The molecule has 0 fully saturated rings. The number of carbonyl (C=O) groups is 2. The Kier molecular flexibility index (Phi) is 5.03. The van der Waals surface area contributed by atoms with Crippen LogP contribution >= 0.6 is 11.6 Å². The zero-order chi connectivity index (χ0) is 13.7. The fourth-order valence-electron chi connectivity index (χ4n) is 1.13. The lowest BCUT2D eigenvalue weighted by molar-refractivity contribution is -0.139. The number of rotatable bonds is 4. The van der Waals surface area contributed by atoms with E-state index >= 15 is 0 Å². The van der Waals surface area contributed by atoms with E-state index < -0.39 is 11.9 Å². The van der Waals surface area contributed by atoms with Crippen LogP contribution in [0, 0.1) is 0 Å². The summed E-state index contributed by atoms with van der Waals surface area (Å²) in [5.41, 5.74) is 0.0549. The van der Waals surface area contributed by atoms with Crippen molar-refractivity contribution in [1.82, 2.24) is 15.3 Å². The van der Waals surface area contributed by atoms with Crippen molar-refractivity contribution in [1.29, 1.82) is 0 Å². The van der Waals surface area contributed by atoms with Crippen LogP contribution in [-0.2, 0) is 9.53 Å². The van der Waals surface area contributed by atoms with Crippen LogP contribution in [0.1, 0.15) is 36.1 Å². The van der Waals surface area contributed by atoms with Crippen LogP contribution in [0.25, 0.3) is 0 Å². The third kappa shape index (κ3) is 3.66. The number of amides is 1. The molecule has 0 aliphatic carbocycles. The maximum absolute atomic E-state index is 11.8. The first-order valence-electron chi connectivity index (χ1n) is 5.33. The molecular weight excluding hydrogens is 258 g/mol. The van der Waals surface area contributed by atoms with E-state index in [9.17, 15) is 9.59 Å². The van der Waals surface area contributed by atoms with Crippen LogP contribution in [0.4, 0.5) is 0 Å². The van der Waals surface area contributed by atoms with Gasteiger partial charge in [-0.2, -0.15) is 0 Å². The summed E-state index contributed by atoms with van der Waals surface area (Å²) >= 11 is 5.84. The second-order valence-corrected chi connectivity index (χ2v) is 4.25. The van der Waals surface area contributed by atoms with Gasteiger partial charge in [0.05, 0.1) is 18.3 Å². The number of halogens is 1. The highest BCUT2D eigenvalue weighted by Crippen LogP contribution is 2.16. The van der Waals surface area contributed by atoms with Crippen molar-refractivity contribution in [2.45, 2.75) is 19.8 Å². The molecule has 0 aliphatic rings. The van der Waals surface area contributed by atoms with Gasteiger partial charge < -0.3 is 10.1 Å². The van der Waals surface area contributed by atoms with E-state index in [-0.39, 0.29) is 23.2 Å². The van der Waals surface area contributed by atoms with E-state index in [1.54, 1.807) is 0 Å². The van der Waals surface area contributed by atoms with Gasteiger partial charge in [-0.1, -0.05) is 25.4 Å². The van der Waals surface area contributed by atoms with Crippen LogP contribution in [0.3, 0.4) is 0 Å². The Bertz CT molecular complexity index is 463. The SMILES string of the molecule is COC(=O)CNC(=O)c1nc(C(C)C)ncc1Cl. The standard InChI is InChI=1S/C11H14ClN3O3/c1-6(2)10-13-4-7(12)9(15-10)11(17)14-5-8(16)18-3/h4,6H,5H2,1-3H3,(H,14,17). The van der Waals surface area contributed by atoms with Gasteiger partial charge in [-0.3, -0.25) is 9.59 Å². The zero-order valence-corrected chi connectivity index (χ0v) is 11.1. The summed E-state index contributed by atoms with van der Waals surface area (Å²) in [7, 11) is 1.24. The second-order valence-electron chi connectivity index (χ2n) is 3.84. The number of hydrogen-bond acceptors (Lipinski definition) is 5. The van der Waals surface area contributed by atoms with E-state index in [0.717, 1.165) is 0 Å². The molecule has 7 heteroatoms. The molecule has 0 saturated heterocycles. The van der Waals surface area contributed by atoms with Gasteiger partial charge in [0, 0.05) is 5.92 Å². The van der Waals surface area contributed by atoms with Crippen LogP contribution in [0.5, 0.6) is 0 Å². The highest BCUT2D eigenvalue weighted by molar-refractivity contribution is 6.33. The van der Waals surface area contributed by atoms with Crippen molar-refractivity contribution in [3.63, 3.8) is 0 Å². The molecular formula is C11H14ClN3O3. The van der Waals surface area contributed by atoms with E-state index in [1.165, 1.54) is 13.3 Å². The van der Waals surface area contributed by atoms with Crippen molar-refractivity contribution in [3.8, 4) is 0 Å². The lowest BCUT2D eigenvalue weighted by Gasteiger charge is -2.08. The molecule has 0 atom stereocenters. The number of carbonyl (C=O) groups excluding carboxylic acids is 2. The Morgan fingerprint density at radius 3 is 2.72 bits per heavy atom. The minimum Gasteiger partial charge on any atom is -0.468 e. The average Bonchev–Trinajstić information content (AvgIpc) is 2.35. The normalized spacial score (nSPS) is 10.3. The molecule has 0 bridgehead atoms. The molecule has 18 heavy (non-hydrogen) atoms. The van der Waals surface area contributed by atoms with Gasteiger partial charge >= 0.3 is 5.97 Å². The summed E-state index contributed by atoms with van der Waals surface area (Å²) in [4.78, 5) is 30.8. The Balaban J connectivity index is 2.84. The molecule has 1 amide bonds. The Labute approximate surface area is 110 Å². The van der Waals surface area contributed by atoms with Gasteiger partial charge in [-0.15, -0.1) is 0 Å². The minimum atomic E-state index is -0.544. The first-order chi connectivity index (χ1) is 8.45. The van der Waals surface area contributed by atoms with Crippen molar-refractivity contribution in [2.24, 2.45) is 0 Å². The number of methoxy groups -OCH3 is 1. The number of ether oxygens (including phenoxy) is 1. The monoisotopic (exact) mass is 271 g/mol. The first kappa shape index (κ1) is 14.4. The number of esters is 1. The highest BCUT2D eigenvalue weighted by Gasteiger charge is 2.16. The van der Waals surface area contributed by atoms with Gasteiger partial charge in [0.2, 0.25) is 0 Å². The Hall–Kier alpha value is -1.69. The Morgan fingerprint density at radius 1 is 1.50 bits per heavy atom. The summed E-state index contributed by atoms with van der Waals surface area (Å²) in [6, 6.07) is 0. The summed E-state index contributed by atoms with van der Waals surface area (Å²) < 4.78 is 4.41. The van der Waals surface area contributed by atoms with E-state index in [4.69, 9.17) is 11.6 Å². The number of nitrogens with one attached hydrogen (secondary N) is 1. The molecule has 1 rings (SSSR count). The van der Waals surface area contributed by atoms with Crippen molar-refractivity contribution in [3.05, 3.63) is 22.7 Å². The third-order valence-electron chi connectivity index (χ3n) is 2.12. The summed E-state index contributed by atoms with van der Waals surface area (Å²) in [5, 5.41) is 2.51. The number of nitrogens with zero attached hydrogens (tertiary/aromatic N) is 2. The molecule has 0 saturated carbocycles. The van der Waals surface area contributed by atoms with Crippen molar-refractivity contribution in [2.75, 3.05) is 13.7 Å². The van der Waals surface area contributed by atoms with Crippen LogP contribution in [-0.4, -0.2) is 35.5 Å². The Morgan fingerprint density at radius 2 is 2.17 bits per heavy atom. The first-order valence-corrected chi connectivity index (χ1v) is 5.71. The number of hydrogen-bond donors (Lipinski definition) is 1. The largest absolute Gasteiger partial charge is 0.468 e. The van der Waals surface area contributed by atoms with Gasteiger partial charge in [-0.25, -0.2) is 9.97 Å². The van der Waals surface area contributed by atoms with Gasteiger partial charge in [0.25, 0.3) is 5.91 Å². The lowest BCUT2D eigenvalue weighted by Crippen LogP contribution is -2.31. The molecule has 0 unspecified atom stereocenters. The molecule has 98 valence electrons. The van der Waals surface area contributed by atoms with E-state index in [0.29, 0.717) is 5.82 Å². The van der Waals surface area contributed by atoms with Crippen LogP contribution in [0.15, 0.2) is 6.20 Å². The topological polar surface area (TPSA) is 81.2 Å². The van der Waals surface area contributed by atoms with Gasteiger partial charge in [0.15, 0.2) is 0 Å².